The standard InChI is InChI=1S/C27H30O15/c1-39-17-10-13(4-8-16(17)40-25-22(33)21(32)20(31)18(12-28)41-25)5-9-19(30)42-27(26(37)38,23(34)24(35)36)11-14-2-6-15(29)7-3-14/h2-10,18,20-23,25,28-29,31-34H,11-12H2,1H3,(H,35,36)(H,37,38). The third-order valence-electron chi connectivity index (χ3n) is 6.41. The Morgan fingerprint density at radius 1 is 1.00 bits per heavy atom. The summed E-state index contributed by atoms with van der Waals surface area (Å²) in [5, 5.41) is 78.3. The summed E-state index contributed by atoms with van der Waals surface area (Å²) in [6, 6.07) is 9.04. The zero-order valence-corrected chi connectivity index (χ0v) is 22.0. The summed E-state index contributed by atoms with van der Waals surface area (Å²) in [6.45, 7) is -0.663. The molecule has 15 heteroatoms. The number of carbonyl (C=O) groups is 3. The van der Waals surface area contributed by atoms with Crippen molar-refractivity contribution in [3.05, 3.63) is 59.7 Å². The summed E-state index contributed by atoms with van der Waals surface area (Å²) in [5.41, 5.74) is -2.50. The van der Waals surface area contributed by atoms with Crippen LogP contribution in [0, 0.1) is 0 Å². The van der Waals surface area contributed by atoms with E-state index < -0.39 is 73.3 Å². The summed E-state index contributed by atoms with van der Waals surface area (Å²) in [5.74, 6) is -5.28. The van der Waals surface area contributed by atoms with Gasteiger partial charge in [0.25, 0.3) is 0 Å². The monoisotopic (exact) mass is 594 g/mol. The van der Waals surface area contributed by atoms with Crippen LogP contribution in [0.2, 0.25) is 0 Å². The van der Waals surface area contributed by atoms with Crippen LogP contribution in [0.25, 0.3) is 6.08 Å². The molecule has 1 fully saturated rings. The van der Waals surface area contributed by atoms with Crippen molar-refractivity contribution in [1.29, 1.82) is 0 Å². The largest absolute Gasteiger partial charge is 0.508 e. The van der Waals surface area contributed by atoms with Gasteiger partial charge in [0.05, 0.1) is 13.7 Å². The molecule has 1 aliphatic rings. The fourth-order valence-corrected chi connectivity index (χ4v) is 4.09. The lowest BCUT2D eigenvalue weighted by Gasteiger charge is -2.39. The van der Waals surface area contributed by atoms with Crippen LogP contribution < -0.4 is 9.47 Å². The molecular weight excluding hydrogens is 564 g/mol. The highest BCUT2D eigenvalue weighted by Gasteiger charge is 2.53. The van der Waals surface area contributed by atoms with E-state index in [0.29, 0.717) is 0 Å². The first-order valence-corrected chi connectivity index (χ1v) is 12.3. The van der Waals surface area contributed by atoms with Crippen molar-refractivity contribution in [2.75, 3.05) is 13.7 Å². The molecule has 3 rings (SSSR count). The SMILES string of the molecule is COc1cc(C=CC(=O)OC(Cc2ccc(O)cc2)(C(=O)O)C(O)C(=O)O)ccc1OC1OC(CO)C(O)C(O)C1O. The van der Waals surface area contributed by atoms with Crippen LogP contribution in [0.15, 0.2) is 48.5 Å². The Morgan fingerprint density at radius 2 is 1.67 bits per heavy atom. The molecule has 2 aromatic carbocycles. The van der Waals surface area contributed by atoms with Crippen molar-refractivity contribution < 1.29 is 74.2 Å². The Bertz CT molecular complexity index is 1290. The van der Waals surface area contributed by atoms with Crippen LogP contribution in [0.5, 0.6) is 17.2 Å². The van der Waals surface area contributed by atoms with Crippen molar-refractivity contribution in [2.45, 2.75) is 48.8 Å². The lowest BCUT2D eigenvalue weighted by Crippen LogP contribution is -2.60. The quantitative estimate of drug-likeness (QED) is 0.104. The second-order valence-electron chi connectivity index (χ2n) is 9.26. The van der Waals surface area contributed by atoms with E-state index in [1.165, 1.54) is 55.7 Å². The van der Waals surface area contributed by atoms with E-state index in [2.05, 4.69) is 0 Å². The molecule has 0 bridgehead atoms. The molecule has 228 valence electrons. The maximum Gasteiger partial charge on any atom is 0.351 e. The number of hydrogen-bond acceptors (Lipinski definition) is 13. The van der Waals surface area contributed by atoms with Gasteiger partial charge >= 0.3 is 17.9 Å². The zero-order chi connectivity index (χ0) is 31.2. The third kappa shape index (κ3) is 7.14. The maximum absolute atomic E-state index is 12.7. The van der Waals surface area contributed by atoms with Gasteiger partial charge in [-0.2, -0.15) is 0 Å². The molecule has 8 N–H and O–H groups in total. The van der Waals surface area contributed by atoms with Crippen molar-refractivity contribution in [3.8, 4) is 17.2 Å². The fourth-order valence-electron chi connectivity index (χ4n) is 4.09. The number of carboxylic acid groups (broad SMARTS) is 2. The van der Waals surface area contributed by atoms with Crippen LogP contribution in [-0.2, 0) is 30.3 Å². The number of aliphatic hydroxyl groups is 5. The fraction of sp³-hybridized carbons (Fsp3) is 0.370. The summed E-state index contributed by atoms with van der Waals surface area (Å²) in [6.07, 6.45) is -9.09. The molecule has 2 aromatic rings. The van der Waals surface area contributed by atoms with Crippen LogP contribution in [-0.4, -0.2) is 115 Å². The average Bonchev–Trinajstić information content (AvgIpc) is 2.96. The van der Waals surface area contributed by atoms with Gasteiger partial charge in [0.15, 0.2) is 11.5 Å². The number of hydrogen-bond donors (Lipinski definition) is 8. The Kier molecular flexibility index (Phi) is 10.5. The van der Waals surface area contributed by atoms with Crippen LogP contribution in [0.3, 0.4) is 0 Å². The van der Waals surface area contributed by atoms with Crippen molar-refractivity contribution in [2.24, 2.45) is 0 Å². The zero-order valence-electron chi connectivity index (χ0n) is 22.0. The van der Waals surface area contributed by atoms with E-state index in [0.717, 1.165) is 6.08 Å². The van der Waals surface area contributed by atoms with E-state index in [1.807, 2.05) is 0 Å². The average molecular weight is 595 g/mol. The number of carboxylic acids is 2. The highest BCUT2D eigenvalue weighted by molar-refractivity contribution is 5.94. The lowest BCUT2D eigenvalue weighted by molar-refractivity contribution is -0.277. The normalized spacial score (nSPS) is 24.4. The Morgan fingerprint density at radius 3 is 2.24 bits per heavy atom. The number of carbonyl (C=O) groups excluding carboxylic acids is 1. The van der Waals surface area contributed by atoms with Gasteiger partial charge in [-0.1, -0.05) is 18.2 Å². The molecule has 0 aliphatic carbocycles. The minimum atomic E-state index is -2.93. The van der Waals surface area contributed by atoms with Gasteiger partial charge in [-0.15, -0.1) is 0 Å². The summed E-state index contributed by atoms with van der Waals surface area (Å²) < 4.78 is 21.1. The molecule has 15 nitrogen and oxygen atoms in total. The number of aliphatic carboxylic acids is 2. The van der Waals surface area contributed by atoms with E-state index >= 15 is 0 Å². The smallest absolute Gasteiger partial charge is 0.351 e. The predicted molar refractivity (Wildman–Crippen MR) is 138 cm³/mol. The number of aromatic hydroxyl groups is 1. The number of esters is 1. The number of phenols is 1. The number of benzene rings is 2. The molecule has 1 heterocycles. The number of aliphatic hydroxyl groups excluding tert-OH is 5. The second-order valence-corrected chi connectivity index (χ2v) is 9.26. The third-order valence-corrected chi connectivity index (χ3v) is 6.41. The summed E-state index contributed by atoms with van der Waals surface area (Å²) in [4.78, 5) is 36.4. The van der Waals surface area contributed by atoms with E-state index in [9.17, 15) is 55.2 Å². The first-order chi connectivity index (χ1) is 19.8. The predicted octanol–water partition coefficient (Wildman–Crippen LogP) is -1.35. The van der Waals surface area contributed by atoms with Gasteiger partial charge in [0.2, 0.25) is 18.0 Å². The molecule has 0 radical (unpaired) electrons. The number of methoxy groups -OCH3 is 1. The van der Waals surface area contributed by atoms with E-state index in [1.54, 1.807) is 0 Å². The van der Waals surface area contributed by atoms with Gasteiger partial charge in [0, 0.05) is 12.5 Å². The lowest BCUT2D eigenvalue weighted by atomic mass is 9.88. The minimum absolute atomic E-state index is 0.00456. The summed E-state index contributed by atoms with van der Waals surface area (Å²) >= 11 is 0. The highest BCUT2D eigenvalue weighted by Crippen LogP contribution is 2.32. The minimum Gasteiger partial charge on any atom is -0.508 e. The summed E-state index contributed by atoms with van der Waals surface area (Å²) in [7, 11) is 1.27. The number of ether oxygens (including phenoxy) is 4. The van der Waals surface area contributed by atoms with Gasteiger partial charge in [-0.3, -0.25) is 0 Å². The Labute approximate surface area is 238 Å². The topological polar surface area (TPSA) is 250 Å². The molecule has 7 unspecified atom stereocenters. The molecule has 0 spiro atoms. The van der Waals surface area contributed by atoms with Gasteiger partial charge in [-0.25, -0.2) is 14.4 Å². The van der Waals surface area contributed by atoms with Crippen molar-refractivity contribution >= 4 is 24.0 Å². The second kappa shape index (κ2) is 13.6. The van der Waals surface area contributed by atoms with Crippen LogP contribution in [0.1, 0.15) is 11.1 Å². The van der Waals surface area contributed by atoms with Gasteiger partial charge < -0.3 is 59.8 Å². The molecule has 1 aliphatic heterocycles. The molecule has 7 atom stereocenters. The van der Waals surface area contributed by atoms with Crippen LogP contribution >= 0.6 is 0 Å². The van der Waals surface area contributed by atoms with Crippen LogP contribution in [0.4, 0.5) is 0 Å². The molecule has 0 aromatic heterocycles. The van der Waals surface area contributed by atoms with E-state index in [-0.39, 0.29) is 28.4 Å². The molecular formula is C27H30O15. The molecule has 42 heavy (non-hydrogen) atoms. The Hall–Kier alpha value is -4.25. The Balaban J connectivity index is 1.81. The molecule has 0 saturated carbocycles. The first kappa shape index (κ1) is 32.3. The highest BCUT2D eigenvalue weighted by atomic mass is 16.7. The molecule has 0 amide bonds. The van der Waals surface area contributed by atoms with Gasteiger partial charge in [0.1, 0.15) is 30.2 Å². The van der Waals surface area contributed by atoms with Gasteiger partial charge in [-0.05, 0) is 41.5 Å². The number of rotatable bonds is 12. The number of phenolic OH excluding ortho intramolecular Hbond substituents is 1. The maximum atomic E-state index is 12.7. The van der Waals surface area contributed by atoms with E-state index in [4.69, 9.17) is 18.9 Å². The van der Waals surface area contributed by atoms with Crippen molar-refractivity contribution in [1.82, 2.24) is 0 Å². The molecule has 1 saturated heterocycles. The first-order valence-electron chi connectivity index (χ1n) is 12.3. The van der Waals surface area contributed by atoms with Crippen molar-refractivity contribution in [3.63, 3.8) is 0 Å².